The van der Waals surface area contributed by atoms with E-state index in [-0.39, 0.29) is 6.42 Å². The summed E-state index contributed by atoms with van der Waals surface area (Å²) in [5, 5.41) is 8.81. The Labute approximate surface area is 118 Å². The van der Waals surface area contributed by atoms with E-state index in [1.165, 1.54) is 0 Å². The highest BCUT2D eigenvalue weighted by Crippen LogP contribution is 2.15. The molecule has 1 rings (SSSR count). The molecular weight excluding hydrogens is 258 g/mol. The number of anilines is 1. The number of likely N-dealkylation sites (N-methyl/N-ethyl adjacent to an activating group) is 1. The number of carbonyl (C=O) groups excluding carboxylic acids is 1. The number of carboxylic acids is 1. The quantitative estimate of drug-likeness (QED) is 0.729. The van der Waals surface area contributed by atoms with Gasteiger partial charge in [-0.2, -0.15) is 0 Å². The van der Waals surface area contributed by atoms with E-state index in [1.54, 1.807) is 24.3 Å². The second kappa shape index (κ2) is 7.49. The van der Waals surface area contributed by atoms with Gasteiger partial charge in [0.1, 0.15) is 0 Å². The first-order chi connectivity index (χ1) is 9.40. The first-order valence-corrected chi connectivity index (χ1v) is 6.41. The second-order valence-corrected chi connectivity index (χ2v) is 4.85. The summed E-state index contributed by atoms with van der Waals surface area (Å²) in [6.07, 6.45) is 0.0744. The van der Waals surface area contributed by atoms with Crippen molar-refractivity contribution in [3.8, 4) is 0 Å². The van der Waals surface area contributed by atoms with Crippen molar-refractivity contribution in [1.29, 1.82) is 0 Å². The molecule has 0 aliphatic carbocycles. The van der Waals surface area contributed by atoms with Crippen LogP contribution in [0.15, 0.2) is 24.3 Å². The number of aliphatic carboxylic acids is 1. The summed E-state index contributed by atoms with van der Waals surface area (Å²) in [5.41, 5.74) is 6.53. The predicted molar refractivity (Wildman–Crippen MR) is 78.0 cm³/mol. The lowest BCUT2D eigenvalue weighted by Crippen LogP contribution is -2.33. The first kappa shape index (κ1) is 16.0. The highest BCUT2D eigenvalue weighted by atomic mass is 16.4. The number of amides is 1. The van der Waals surface area contributed by atoms with Crippen LogP contribution in [-0.4, -0.2) is 55.6 Å². The molecule has 20 heavy (non-hydrogen) atoms. The summed E-state index contributed by atoms with van der Waals surface area (Å²) >= 11 is 0. The van der Waals surface area contributed by atoms with Crippen molar-refractivity contribution in [3.05, 3.63) is 29.8 Å². The van der Waals surface area contributed by atoms with Crippen molar-refractivity contribution >= 4 is 17.6 Å². The molecule has 0 aliphatic heterocycles. The van der Waals surface area contributed by atoms with E-state index in [2.05, 4.69) is 0 Å². The Morgan fingerprint density at radius 2 is 1.70 bits per heavy atom. The van der Waals surface area contributed by atoms with Gasteiger partial charge in [-0.1, -0.05) is 0 Å². The molecule has 1 aromatic rings. The van der Waals surface area contributed by atoms with E-state index in [0.717, 1.165) is 18.8 Å². The van der Waals surface area contributed by atoms with Crippen LogP contribution in [-0.2, 0) is 4.79 Å². The van der Waals surface area contributed by atoms with E-state index in [1.807, 2.05) is 23.9 Å². The largest absolute Gasteiger partial charge is 0.481 e. The van der Waals surface area contributed by atoms with Crippen molar-refractivity contribution < 1.29 is 14.7 Å². The summed E-state index contributed by atoms with van der Waals surface area (Å²) in [6, 6.07) is 6.89. The zero-order chi connectivity index (χ0) is 15.1. The molecule has 0 radical (unpaired) electrons. The van der Waals surface area contributed by atoms with Gasteiger partial charge in [-0.3, -0.25) is 9.59 Å². The Kier molecular flexibility index (Phi) is 5.99. The molecule has 0 unspecified atom stereocenters. The molecule has 0 atom stereocenters. The third-order valence-corrected chi connectivity index (χ3v) is 2.93. The summed E-state index contributed by atoms with van der Waals surface area (Å²) in [5.74, 6) is -1.30. The molecule has 0 saturated heterocycles. The van der Waals surface area contributed by atoms with E-state index in [9.17, 15) is 9.59 Å². The SMILES string of the molecule is CN(C)CCN(CCC(=O)O)c1ccc(C(N)=O)cc1. The Morgan fingerprint density at radius 1 is 1.10 bits per heavy atom. The van der Waals surface area contributed by atoms with Gasteiger partial charge >= 0.3 is 5.97 Å². The topological polar surface area (TPSA) is 86.9 Å². The highest BCUT2D eigenvalue weighted by Gasteiger charge is 2.10. The summed E-state index contributed by atoms with van der Waals surface area (Å²) in [6.45, 7) is 1.96. The molecule has 1 aromatic carbocycles. The lowest BCUT2D eigenvalue weighted by molar-refractivity contribution is -0.136. The van der Waals surface area contributed by atoms with Crippen molar-refractivity contribution in [3.63, 3.8) is 0 Å². The maximum absolute atomic E-state index is 11.0. The molecule has 0 spiro atoms. The standard InChI is InChI=1S/C14H21N3O3/c1-16(2)9-10-17(8-7-13(18)19)12-5-3-11(4-6-12)14(15)20/h3-6H,7-10H2,1-2H3,(H2,15,20)(H,18,19). The smallest absolute Gasteiger partial charge is 0.305 e. The molecule has 6 heteroatoms. The lowest BCUT2D eigenvalue weighted by atomic mass is 10.2. The molecular formula is C14H21N3O3. The summed E-state index contributed by atoms with van der Waals surface area (Å²) < 4.78 is 0. The van der Waals surface area contributed by atoms with Crippen LogP contribution in [0.25, 0.3) is 0 Å². The van der Waals surface area contributed by atoms with Gasteiger partial charge in [-0.05, 0) is 38.4 Å². The number of nitrogens with zero attached hydrogens (tertiary/aromatic N) is 2. The summed E-state index contributed by atoms with van der Waals surface area (Å²) in [4.78, 5) is 25.8. The van der Waals surface area contributed by atoms with Crippen LogP contribution in [0.1, 0.15) is 16.8 Å². The monoisotopic (exact) mass is 279 g/mol. The molecule has 0 bridgehead atoms. The van der Waals surface area contributed by atoms with Gasteiger partial charge in [0.25, 0.3) is 0 Å². The van der Waals surface area contributed by atoms with Crippen LogP contribution in [0, 0.1) is 0 Å². The van der Waals surface area contributed by atoms with Crippen LogP contribution < -0.4 is 10.6 Å². The molecule has 0 aliphatic rings. The number of carbonyl (C=O) groups is 2. The number of hydrogen-bond donors (Lipinski definition) is 2. The number of benzene rings is 1. The van der Waals surface area contributed by atoms with Gasteiger partial charge in [-0.15, -0.1) is 0 Å². The van der Waals surface area contributed by atoms with Gasteiger partial charge in [0.15, 0.2) is 0 Å². The minimum absolute atomic E-state index is 0.0744. The summed E-state index contributed by atoms with van der Waals surface area (Å²) in [7, 11) is 3.93. The van der Waals surface area contributed by atoms with Gasteiger partial charge < -0.3 is 20.6 Å². The zero-order valence-electron chi connectivity index (χ0n) is 11.9. The first-order valence-electron chi connectivity index (χ1n) is 6.41. The van der Waals surface area contributed by atoms with Crippen LogP contribution >= 0.6 is 0 Å². The van der Waals surface area contributed by atoms with E-state index in [0.29, 0.717) is 12.1 Å². The molecule has 0 heterocycles. The molecule has 1 amide bonds. The maximum Gasteiger partial charge on any atom is 0.305 e. The Bertz CT molecular complexity index is 457. The number of rotatable bonds is 8. The number of carboxylic acid groups (broad SMARTS) is 1. The van der Waals surface area contributed by atoms with Crippen LogP contribution in [0.3, 0.4) is 0 Å². The van der Waals surface area contributed by atoms with Gasteiger partial charge in [-0.25, -0.2) is 0 Å². The van der Waals surface area contributed by atoms with Gasteiger partial charge in [0.2, 0.25) is 5.91 Å². The minimum Gasteiger partial charge on any atom is -0.481 e. The molecule has 6 nitrogen and oxygen atoms in total. The number of primary amides is 1. The van der Waals surface area contributed by atoms with Crippen LogP contribution in [0.5, 0.6) is 0 Å². The van der Waals surface area contributed by atoms with Crippen LogP contribution in [0.2, 0.25) is 0 Å². The second-order valence-electron chi connectivity index (χ2n) is 4.85. The average molecular weight is 279 g/mol. The van der Waals surface area contributed by atoms with Crippen molar-refractivity contribution in [2.24, 2.45) is 5.73 Å². The average Bonchev–Trinajstić information content (AvgIpc) is 2.38. The normalized spacial score (nSPS) is 10.6. The fourth-order valence-corrected chi connectivity index (χ4v) is 1.76. The van der Waals surface area contributed by atoms with Crippen molar-refractivity contribution in [2.45, 2.75) is 6.42 Å². The third kappa shape index (κ3) is 5.27. The predicted octanol–water partition coefficient (Wildman–Crippen LogP) is 0.628. The highest BCUT2D eigenvalue weighted by molar-refractivity contribution is 5.93. The van der Waals surface area contributed by atoms with Crippen molar-refractivity contribution in [1.82, 2.24) is 4.90 Å². The maximum atomic E-state index is 11.0. The Balaban J connectivity index is 2.79. The number of hydrogen-bond acceptors (Lipinski definition) is 4. The van der Waals surface area contributed by atoms with Gasteiger partial charge in [0, 0.05) is 30.9 Å². The Morgan fingerprint density at radius 3 is 2.15 bits per heavy atom. The third-order valence-electron chi connectivity index (χ3n) is 2.93. The number of nitrogens with two attached hydrogens (primary N) is 1. The molecule has 0 aromatic heterocycles. The van der Waals surface area contributed by atoms with Crippen LogP contribution in [0.4, 0.5) is 5.69 Å². The molecule has 110 valence electrons. The van der Waals surface area contributed by atoms with Gasteiger partial charge in [0.05, 0.1) is 6.42 Å². The Hall–Kier alpha value is -2.08. The fourth-order valence-electron chi connectivity index (χ4n) is 1.76. The van der Waals surface area contributed by atoms with E-state index in [4.69, 9.17) is 10.8 Å². The van der Waals surface area contributed by atoms with Crippen molar-refractivity contribution in [2.75, 3.05) is 38.6 Å². The fraction of sp³-hybridized carbons (Fsp3) is 0.429. The van der Waals surface area contributed by atoms with E-state index < -0.39 is 11.9 Å². The molecule has 3 N–H and O–H groups in total. The lowest BCUT2D eigenvalue weighted by Gasteiger charge is -2.26. The minimum atomic E-state index is -0.825. The molecule has 0 fully saturated rings. The zero-order valence-corrected chi connectivity index (χ0v) is 11.9. The molecule has 0 saturated carbocycles. The van der Waals surface area contributed by atoms with E-state index >= 15 is 0 Å².